The van der Waals surface area contributed by atoms with Crippen molar-refractivity contribution in [2.24, 2.45) is 0 Å². The Bertz CT molecular complexity index is 1500. The van der Waals surface area contributed by atoms with Gasteiger partial charge in [0.25, 0.3) is 0 Å². The third-order valence-electron chi connectivity index (χ3n) is 8.40. The Morgan fingerprint density at radius 1 is 0.565 bits per heavy atom. The van der Waals surface area contributed by atoms with E-state index in [0.717, 1.165) is 51.4 Å². The fraction of sp³-hybridized carbons (Fsp3) is 0.520. The first kappa shape index (κ1) is 58.1. The van der Waals surface area contributed by atoms with E-state index in [9.17, 15) is 29.3 Å². The zero-order chi connectivity index (χ0) is 45.6. The van der Waals surface area contributed by atoms with Crippen molar-refractivity contribution in [1.82, 2.24) is 0 Å². The largest absolute Gasteiger partial charge is 0.472 e. The highest BCUT2D eigenvalue weighted by Gasteiger charge is 2.27. The number of aliphatic hydroxyl groups excluding tert-OH is 3. The van der Waals surface area contributed by atoms with E-state index >= 15 is 0 Å². The molecule has 0 fully saturated rings. The number of esters is 2. The molecule has 4 atom stereocenters. The van der Waals surface area contributed by atoms with Crippen LogP contribution in [0.2, 0.25) is 0 Å². The molecule has 62 heavy (non-hydrogen) atoms. The Morgan fingerprint density at radius 3 is 1.60 bits per heavy atom. The van der Waals surface area contributed by atoms with Crippen molar-refractivity contribution in [2.75, 3.05) is 26.4 Å². The van der Waals surface area contributed by atoms with Crippen LogP contribution in [0.3, 0.4) is 0 Å². The lowest BCUT2D eigenvalue weighted by Gasteiger charge is -2.20. The van der Waals surface area contributed by atoms with Crippen molar-refractivity contribution in [3.8, 4) is 0 Å². The molecule has 0 aliphatic heterocycles. The van der Waals surface area contributed by atoms with E-state index in [1.807, 2.05) is 30.4 Å². The number of hydrogen-bond acceptors (Lipinski definition) is 10. The first-order chi connectivity index (χ1) is 30.1. The zero-order valence-corrected chi connectivity index (χ0v) is 38.3. The number of phosphoric ester groups is 1. The average Bonchev–Trinajstić information content (AvgIpc) is 3.26. The SMILES string of the molecule is CC/C=C\C/C=C\C/C=C\C/C=C\C=C/C(O)C/C=C\CCC(=O)OC[C@H](COP(=O)(O)OC[C@@H](O)CO)OC(=O)CC/C=C\C/C=C\C/C=C\C/C=C\C/C=C\CCCCC. The molecular weight excluding hydrogens is 808 g/mol. The molecule has 0 heterocycles. The van der Waals surface area contributed by atoms with Crippen molar-refractivity contribution < 1.29 is 52.9 Å². The summed E-state index contributed by atoms with van der Waals surface area (Å²) < 4.78 is 32.5. The molecule has 0 saturated carbocycles. The Morgan fingerprint density at radius 2 is 1.05 bits per heavy atom. The summed E-state index contributed by atoms with van der Waals surface area (Å²) in [4.78, 5) is 35.0. The summed E-state index contributed by atoms with van der Waals surface area (Å²) in [5.74, 6) is -1.22. The summed E-state index contributed by atoms with van der Waals surface area (Å²) >= 11 is 0. The van der Waals surface area contributed by atoms with E-state index in [0.29, 0.717) is 25.7 Å². The number of allylic oxidation sites excluding steroid dienone is 20. The number of ether oxygens (including phenoxy) is 2. The topological polar surface area (TPSA) is 169 Å². The molecule has 0 aliphatic carbocycles. The Balaban J connectivity index is 4.64. The Labute approximate surface area is 373 Å². The first-order valence-electron chi connectivity index (χ1n) is 22.3. The molecule has 0 radical (unpaired) electrons. The summed E-state index contributed by atoms with van der Waals surface area (Å²) in [5.41, 5.74) is 0. The second-order valence-electron chi connectivity index (χ2n) is 14.2. The lowest BCUT2D eigenvalue weighted by atomic mass is 10.2. The number of carbonyl (C=O) groups is 2. The van der Waals surface area contributed by atoms with Crippen LogP contribution in [0.1, 0.15) is 123 Å². The highest BCUT2D eigenvalue weighted by atomic mass is 31.2. The van der Waals surface area contributed by atoms with Gasteiger partial charge < -0.3 is 29.7 Å². The van der Waals surface area contributed by atoms with Gasteiger partial charge in [-0.1, -0.05) is 160 Å². The number of aliphatic hydroxyl groups is 3. The van der Waals surface area contributed by atoms with Crippen LogP contribution >= 0.6 is 7.82 Å². The number of phosphoric acid groups is 1. The van der Waals surface area contributed by atoms with Crippen LogP contribution in [-0.4, -0.2) is 76.9 Å². The highest BCUT2D eigenvalue weighted by Crippen LogP contribution is 2.43. The predicted molar refractivity (Wildman–Crippen MR) is 252 cm³/mol. The van der Waals surface area contributed by atoms with Crippen LogP contribution in [-0.2, 0) is 32.7 Å². The molecule has 348 valence electrons. The maximum atomic E-state index is 12.6. The van der Waals surface area contributed by atoms with E-state index < -0.39 is 64.5 Å². The van der Waals surface area contributed by atoms with Gasteiger partial charge in [-0.2, -0.15) is 0 Å². The Hall–Kier alpha value is -3.93. The molecule has 12 heteroatoms. The number of rotatable bonds is 39. The molecule has 4 N–H and O–H groups in total. The van der Waals surface area contributed by atoms with Crippen molar-refractivity contribution in [2.45, 2.75) is 141 Å². The molecule has 0 rings (SSSR count). The lowest BCUT2D eigenvalue weighted by Crippen LogP contribution is -2.29. The molecular formula is C50H77O11P. The van der Waals surface area contributed by atoms with Gasteiger partial charge in [-0.05, 0) is 83.5 Å². The van der Waals surface area contributed by atoms with E-state index in [-0.39, 0.29) is 12.8 Å². The van der Waals surface area contributed by atoms with Crippen molar-refractivity contribution in [1.29, 1.82) is 0 Å². The molecule has 2 unspecified atom stereocenters. The highest BCUT2D eigenvalue weighted by molar-refractivity contribution is 7.47. The molecule has 0 aromatic heterocycles. The minimum Gasteiger partial charge on any atom is -0.462 e. The van der Waals surface area contributed by atoms with E-state index in [1.165, 1.54) is 19.3 Å². The lowest BCUT2D eigenvalue weighted by molar-refractivity contribution is -0.161. The van der Waals surface area contributed by atoms with E-state index in [4.69, 9.17) is 19.1 Å². The fourth-order valence-corrected chi connectivity index (χ4v) is 5.76. The van der Waals surface area contributed by atoms with Gasteiger partial charge in [-0.15, -0.1) is 0 Å². The van der Waals surface area contributed by atoms with Gasteiger partial charge >= 0.3 is 19.8 Å². The monoisotopic (exact) mass is 885 g/mol. The Kier molecular flexibility index (Phi) is 40.9. The first-order valence-corrected chi connectivity index (χ1v) is 23.7. The smallest absolute Gasteiger partial charge is 0.462 e. The van der Waals surface area contributed by atoms with Gasteiger partial charge in [0.2, 0.25) is 0 Å². The van der Waals surface area contributed by atoms with Crippen molar-refractivity contribution in [3.05, 3.63) is 134 Å². The average molecular weight is 885 g/mol. The van der Waals surface area contributed by atoms with Gasteiger partial charge in [-0.25, -0.2) is 4.57 Å². The summed E-state index contributed by atoms with van der Waals surface area (Å²) in [5, 5.41) is 28.5. The van der Waals surface area contributed by atoms with Gasteiger partial charge in [-0.3, -0.25) is 18.6 Å². The van der Waals surface area contributed by atoms with Crippen LogP contribution in [0.15, 0.2) is 134 Å². The number of hydrogen-bond donors (Lipinski definition) is 4. The molecule has 0 aliphatic rings. The standard InChI is InChI=1S/C50H77O11P/c1-3-5-7-9-11-13-15-17-18-19-20-21-22-24-26-28-30-32-36-41-50(55)61-48(45-60-62(56,57)59-43-47(53)42-51)44-58-49(54)40-37-33-35-39-46(52)38-34-31-29-27-25-23-16-14-12-10-8-6-4-2/h6,8,11-14,17-18,20-21,23-26,29-35,38,46-48,51-53H,3-5,7,9-10,15-16,19,22,27-28,36-37,39-45H2,1-2H3,(H,56,57)/b8-6-,13-11-,14-12-,18-17-,21-20-,25-23-,26-24-,31-29-,32-30-,35-33-,38-34-/t46?,47-,48+/m0/s1. The second kappa shape index (κ2) is 43.7. The molecule has 0 amide bonds. The fourth-order valence-electron chi connectivity index (χ4n) is 4.97. The predicted octanol–water partition coefficient (Wildman–Crippen LogP) is 11.1. The maximum Gasteiger partial charge on any atom is 0.472 e. The number of carbonyl (C=O) groups excluding carboxylic acids is 2. The van der Waals surface area contributed by atoms with Crippen LogP contribution in [0, 0.1) is 0 Å². The summed E-state index contributed by atoms with van der Waals surface area (Å²) in [6.45, 7) is 1.92. The summed E-state index contributed by atoms with van der Waals surface area (Å²) in [6.07, 6.45) is 54.6. The van der Waals surface area contributed by atoms with Gasteiger partial charge in [0.15, 0.2) is 6.10 Å². The minimum absolute atomic E-state index is 0.0107. The van der Waals surface area contributed by atoms with Crippen LogP contribution in [0.4, 0.5) is 0 Å². The summed E-state index contributed by atoms with van der Waals surface area (Å²) in [6, 6.07) is 0. The van der Waals surface area contributed by atoms with Crippen LogP contribution < -0.4 is 0 Å². The zero-order valence-electron chi connectivity index (χ0n) is 37.4. The minimum atomic E-state index is -4.69. The van der Waals surface area contributed by atoms with Crippen LogP contribution in [0.5, 0.6) is 0 Å². The van der Waals surface area contributed by atoms with E-state index in [1.54, 1.807) is 24.3 Å². The van der Waals surface area contributed by atoms with Crippen molar-refractivity contribution >= 4 is 19.8 Å². The quantitative estimate of drug-likeness (QED) is 0.0152. The molecule has 0 spiro atoms. The normalized spacial score (nSPS) is 15.5. The van der Waals surface area contributed by atoms with Gasteiger partial charge in [0.1, 0.15) is 12.7 Å². The second-order valence-corrected chi connectivity index (χ2v) is 15.6. The molecule has 11 nitrogen and oxygen atoms in total. The molecule has 0 aromatic rings. The number of unbranched alkanes of at least 4 members (excludes halogenated alkanes) is 3. The van der Waals surface area contributed by atoms with Crippen LogP contribution in [0.25, 0.3) is 0 Å². The molecule has 0 saturated heterocycles. The van der Waals surface area contributed by atoms with E-state index in [2.05, 4.69) is 97.4 Å². The van der Waals surface area contributed by atoms with Gasteiger partial charge in [0, 0.05) is 12.8 Å². The molecule has 0 aromatic carbocycles. The molecule has 0 bridgehead atoms. The van der Waals surface area contributed by atoms with Crippen molar-refractivity contribution in [3.63, 3.8) is 0 Å². The summed E-state index contributed by atoms with van der Waals surface area (Å²) in [7, 11) is -4.69. The maximum absolute atomic E-state index is 12.6. The third-order valence-corrected chi connectivity index (χ3v) is 9.35. The van der Waals surface area contributed by atoms with Gasteiger partial charge in [0.05, 0.1) is 25.9 Å². The third kappa shape index (κ3) is 42.7.